The number of aromatic nitrogens is 2. The largest absolute Gasteiger partial charge is 0.369 e. The molecule has 0 unspecified atom stereocenters. The minimum absolute atomic E-state index is 0.274. The van der Waals surface area contributed by atoms with Gasteiger partial charge in [-0.25, -0.2) is 4.99 Å². The lowest BCUT2D eigenvalue weighted by atomic mass is 10.3. The van der Waals surface area contributed by atoms with Gasteiger partial charge >= 0.3 is 0 Å². The van der Waals surface area contributed by atoms with Crippen LogP contribution < -0.4 is 0 Å². The second-order valence-electron chi connectivity index (χ2n) is 3.15. The monoisotopic (exact) mass is 246 g/mol. The zero-order valence-electron chi connectivity index (χ0n) is 8.83. The predicted molar refractivity (Wildman–Crippen MR) is 63.3 cm³/mol. The molecule has 0 aliphatic heterocycles. The Morgan fingerprint density at radius 3 is 2.20 bits per heavy atom. The van der Waals surface area contributed by atoms with Gasteiger partial charge in [-0.15, -0.1) is 0 Å². The summed E-state index contributed by atoms with van der Waals surface area (Å²) in [5, 5.41) is 0.729. The Kier molecular flexibility index (Phi) is 4.29. The molecule has 0 aromatic carbocycles. The first-order valence-electron chi connectivity index (χ1n) is 4.47. The highest BCUT2D eigenvalue weighted by molar-refractivity contribution is 6.34. The van der Waals surface area contributed by atoms with Crippen molar-refractivity contribution >= 4 is 35.5 Å². The van der Waals surface area contributed by atoms with Gasteiger partial charge in [-0.3, -0.25) is 0 Å². The number of hydrogen-bond acceptors (Lipinski definition) is 3. The fraction of sp³-hybridized carbons (Fsp3) is 0.444. The third kappa shape index (κ3) is 3.32. The van der Waals surface area contributed by atoms with E-state index in [9.17, 15) is 0 Å². The minimum Gasteiger partial charge on any atom is -0.369 e. The molecule has 1 aromatic rings. The van der Waals surface area contributed by atoms with E-state index in [0.717, 1.165) is 5.56 Å². The van der Waals surface area contributed by atoms with Gasteiger partial charge in [0.15, 0.2) is 0 Å². The van der Waals surface area contributed by atoms with E-state index >= 15 is 0 Å². The van der Waals surface area contributed by atoms with Crippen molar-refractivity contribution in [2.75, 3.05) is 14.1 Å². The van der Waals surface area contributed by atoms with Crippen LogP contribution in [0.15, 0.2) is 4.99 Å². The summed E-state index contributed by atoms with van der Waals surface area (Å²) in [7, 11) is 3.71. The molecule has 0 radical (unpaired) electrons. The predicted octanol–water partition coefficient (Wildman–Crippen LogP) is 2.57. The van der Waals surface area contributed by atoms with Gasteiger partial charge in [0, 0.05) is 19.7 Å². The van der Waals surface area contributed by atoms with Crippen molar-refractivity contribution in [1.82, 2.24) is 14.9 Å². The van der Waals surface area contributed by atoms with Crippen LogP contribution in [0.25, 0.3) is 0 Å². The molecular formula is C9H12Cl2N4. The molecule has 0 spiro atoms. The van der Waals surface area contributed by atoms with Crippen LogP contribution in [0.5, 0.6) is 0 Å². The van der Waals surface area contributed by atoms with Crippen LogP contribution >= 0.6 is 23.2 Å². The lowest BCUT2D eigenvalue weighted by Gasteiger charge is -2.04. The Bertz CT molecular complexity index is 353. The van der Waals surface area contributed by atoms with Gasteiger partial charge in [0.1, 0.15) is 10.3 Å². The number of nitrogens with zero attached hydrogens (tertiary/aromatic N) is 4. The number of halogens is 2. The van der Waals surface area contributed by atoms with Crippen LogP contribution in [0.3, 0.4) is 0 Å². The summed E-state index contributed by atoms with van der Waals surface area (Å²) in [6.07, 6.45) is 2.29. The minimum atomic E-state index is 0.274. The molecule has 1 aromatic heterocycles. The molecule has 1 rings (SSSR count). The molecule has 82 valence electrons. The molecular weight excluding hydrogens is 235 g/mol. The molecule has 0 atom stereocenters. The quantitative estimate of drug-likeness (QED) is 0.468. The van der Waals surface area contributed by atoms with Crippen molar-refractivity contribution in [2.24, 2.45) is 4.99 Å². The Balaban J connectivity index is 3.03. The molecule has 6 heteroatoms. The Hall–Kier alpha value is -0.870. The standard InChI is InChI=1S/C9H12Cl2N4/c1-4-6-7(10)13-9(14-8(6)11)12-5-15(2)3/h5H,4H2,1-3H3/b12-5+. The average molecular weight is 247 g/mol. The maximum absolute atomic E-state index is 5.93. The van der Waals surface area contributed by atoms with Gasteiger partial charge in [-0.05, 0) is 6.42 Å². The maximum atomic E-state index is 5.93. The molecule has 0 aliphatic carbocycles. The Morgan fingerprint density at radius 2 is 1.80 bits per heavy atom. The molecule has 0 amide bonds. The lowest BCUT2D eigenvalue weighted by molar-refractivity contribution is 0.642. The van der Waals surface area contributed by atoms with Gasteiger partial charge in [0.2, 0.25) is 0 Å². The third-order valence-electron chi connectivity index (χ3n) is 1.65. The van der Waals surface area contributed by atoms with Gasteiger partial charge in [-0.2, -0.15) is 9.97 Å². The van der Waals surface area contributed by atoms with Crippen molar-refractivity contribution in [1.29, 1.82) is 0 Å². The molecule has 0 bridgehead atoms. The van der Waals surface area contributed by atoms with Gasteiger partial charge in [0.05, 0.1) is 6.34 Å². The second kappa shape index (κ2) is 5.28. The summed E-state index contributed by atoms with van der Waals surface area (Å²) < 4.78 is 0. The molecule has 0 N–H and O–H groups in total. The van der Waals surface area contributed by atoms with Gasteiger partial charge in [-0.1, -0.05) is 30.1 Å². The lowest BCUT2D eigenvalue weighted by Crippen LogP contribution is -2.07. The smallest absolute Gasteiger partial charge is 0.253 e. The van der Waals surface area contributed by atoms with Crippen molar-refractivity contribution in [3.05, 3.63) is 15.9 Å². The molecule has 1 heterocycles. The van der Waals surface area contributed by atoms with Gasteiger partial charge < -0.3 is 4.90 Å². The fourth-order valence-corrected chi connectivity index (χ4v) is 1.58. The summed E-state index contributed by atoms with van der Waals surface area (Å²) in [6.45, 7) is 1.94. The normalized spacial score (nSPS) is 11.0. The van der Waals surface area contributed by atoms with Crippen LogP contribution in [0.2, 0.25) is 10.3 Å². The van der Waals surface area contributed by atoms with E-state index in [1.807, 2.05) is 21.0 Å². The first-order chi connectivity index (χ1) is 7.04. The number of hydrogen-bond donors (Lipinski definition) is 0. The fourth-order valence-electron chi connectivity index (χ4n) is 0.937. The van der Waals surface area contributed by atoms with Crippen LogP contribution in [-0.4, -0.2) is 35.3 Å². The van der Waals surface area contributed by atoms with Crippen LogP contribution in [0.4, 0.5) is 5.95 Å². The first kappa shape index (κ1) is 12.2. The Labute approximate surface area is 99.0 Å². The Morgan fingerprint density at radius 1 is 1.27 bits per heavy atom. The maximum Gasteiger partial charge on any atom is 0.253 e. The van der Waals surface area contributed by atoms with Crippen LogP contribution in [-0.2, 0) is 6.42 Å². The number of aliphatic imine (C=N–C) groups is 1. The van der Waals surface area contributed by atoms with Crippen molar-refractivity contribution in [3.8, 4) is 0 Å². The molecule has 4 nitrogen and oxygen atoms in total. The highest BCUT2D eigenvalue weighted by Gasteiger charge is 2.08. The summed E-state index contributed by atoms with van der Waals surface area (Å²) in [5.41, 5.74) is 0.752. The molecule has 15 heavy (non-hydrogen) atoms. The average Bonchev–Trinajstić information content (AvgIpc) is 2.14. The van der Waals surface area contributed by atoms with Crippen molar-refractivity contribution < 1.29 is 0 Å². The van der Waals surface area contributed by atoms with E-state index in [4.69, 9.17) is 23.2 Å². The molecule has 0 saturated heterocycles. The van der Waals surface area contributed by atoms with Crippen molar-refractivity contribution in [3.63, 3.8) is 0 Å². The van der Waals surface area contributed by atoms with Crippen molar-refractivity contribution in [2.45, 2.75) is 13.3 Å². The highest BCUT2D eigenvalue weighted by Crippen LogP contribution is 2.23. The summed E-state index contributed by atoms with van der Waals surface area (Å²) in [6, 6.07) is 0. The van der Waals surface area contributed by atoms with E-state index in [0.29, 0.717) is 16.7 Å². The van der Waals surface area contributed by atoms with Crippen LogP contribution in [0, 0.1) is 0 Å². The van der Waals surface area contributed by atoms with E-state index in [1.165, 1.54) is 0 Å². The summed E-state index contributed by atoms with van der Waals surface area (Å²) >= 11 is 11.9. The zero-order chi connectivity index (χ0) is 11.4. The van der Waals surface area contributed by atoms with E-state index in [-0.39, 0.29) is 5.95 Å². The second-order valence-corrected chi connectivity index (χ2v) is 3.86. The van der Waals surface area contributed by atoms with E-state index < -0.39 is 0 Å². The third-order valence-corrected chi connectivity index (χ3v) is 2.28. The van der Waals surface area contributed by atoms with Crippen LogP contribution in [0.1, 0.15) is 12.5 Å². The highest BCUT2D eigenvalue weighted by atomic mass is 35.5. The van der Waals surface area contributed by atoms with E-state index in [1.54, 1.807) is 11.2 Å². The summed E-state index contributed by atoms with van der Waals surface area (Å²) in [4.78, 5) is 13.8. The van der Waals surface area contributed by atoms with Gasteiger partial charge in [0.25, 0.3) is 5.95 Å². The molecule has 0 saturated carbocycles. The van der Waals surface area contributed by atoms with E-state index in [2.05, 4.69) is 15.0 Å². The topological polar surface area (TPSA) is 41.4 Å². The molecule has 0 aliphatic rings. The molecule has 0 fully saturated rings. The SMILES string of the molecule is CCc1c(Cl)nc(/N=C/N(C)C)nc1Cl. The zero-order valence-corrected chi connectivity index (χ0v) is 10.3. The summed E-state index contributed by atoms with van der Waals surface area (Å²) in [5.74, 6) is 0.274. The first-order valence-corrected chi connectivity index (χ1v) is 5.22. The number of rotatable bonds is 3.